The van der Waals surface area contributed by atoms with Crippen LogP contribution in [0.1, 0.15) is 11.1 Å². The summed E-state index contributed by atoms with van der Waals surface area (Å²) < 4.78 is 5.49. The molecule has 2 rings (SSSR count). The number of benzene rings is 2. The second-order valence-corrected chi connectivity index (χ2v) is 3.97. The van der Waals surface area contributed by atoms with Crippen molar-refractivity contribution in [3.63, 3.8) is 0 Å². The number of hydrogen-bond donors (Lipinski definition) is 1. The minimum absolute atomic E-state index is 0.135. The lowest BCUT2D eigenvalue weighted by Crippen LogP contribution is -2.01. The van der Waals surface area contributed by atoms with E-state index in [2.05, 4.69) is 5.16 Å². The number of oxime groups is 1. The number of para-hydroxylation sites is 1. The molecule has 2 aromatic rings. The highest BCUT2D eigenvalue weighted by atomic mass is 16.6. The third kappa shape index (κ3) is 3.11. The molecule has 0 saturated heterocycles. The number of rotatable bonds is 5. The Morgan fingerprint density at radius 1 is 1.20 bits per heavy atom. The van der Waals surface area contributed by atoms with E-state index in [1.807, 2.05) is 30.3 Å². The highest BCUT2D eigenvalue weighted by Gasteiger charge is 2.20. The second-order valence-electron chi connectivity index (χ2n) is 3.97. The molecule has 0 atom stereocenters. The predicted octanol–water partition coefficient (Wildman–Crippen LogP) is 2.98. The Morgan fingerprint density at radius 3 is 2.60 bits per heavy atom. The monoisotopic (exact) mass is 272 g/mol. The summed E-state index contributed by atoms with van der Waals surface area (Å²) in [6.45, 7) is 0.224. The molecule has 6 nitrogen and oxygen atoms in total. The van der Waals surface area contributed by atoms with Crippen LogP contribution in [-0.2, 0) is 6.61 Å². The molecule has 0 amide bonds. The molecule has 102 valence electrons. The maximum absolute atomic E-state index is 11.1. The molecule has 0 aromatic heterocycles. The first-order valence-electron chi connectivity index (χ1n) is 5.84. The highest BCUT2D eigenvalue weighted by Crippen LogP contribution is 2.30. The van der Waals surface area contributed by atoms with Gasteiger partial charge in [0.2, 0.25) is 0 Å². The molecule has 0 aliphatic rings. The first kappa shape index (κ1) is 13.5. The van der Waals surface area contributed by atoms with Crippen molar-refractivity contribution in [1.82, 2.24) is 0 Å². The molecule has 0 radical (unpaired) electrons. The third-order valence-corrected chi connectivity index (χ3v) is 2.65. The summed E-state index contributed by atoms with van der Waals surface area (Å²) in [5.74, 6) is 0.135. The lowest BCUT2D eigenvalue weighted by Gasteiger charge is -2.08. The maximum Gasteiger partial charge on any atom is 0.319 e. The number of nitro groups is 1. The standard InChI is InChI=1S/C14H12N2O4/c17-15-9-12-7-4-8-13(14(12)16(18)19)20-10-11-5-2-1-3-6-11/h1-9,17H,10H2/b15-9+. The van der Waals surface area contributed by atoms with Gasteiger partial charge in [-0.1, -0.05) is 41.6 Å². The zero-order valence-electron chi connectivity index (χ0n) is 10.5. The molecule has 0 bridgehead atoms. The van der Waals surface area contributed by atoms with Crippen LogP contribution in [0.4, 0.5) is 5.69 Å². The van der Waals surface area contributed by atoms with Gasteiger partial charge in [-0.05, 0) is 17.7 Å². The van der Waals surface area contributed by atoms with Gasteiger partial charge in [-0.2, -0.15) is 0 Å². The van der Waals surface area contributed by atoms with Gasteiger partial charge in [0.25, 0.3) is 0 Å². The van der Waals surface area contributed by atoms with Crippen molar-refractivity contribution in [3.8, 4) is 5.75 Å². The van der Waals surface area contributed by atoms with E-state index in [1.165, 1.54) is 12.1 Å². The van der Waals surface area contributed by atoms with Crippen LogP contribution in [0.5, 0.6) is 5.75 Å². The smallest absolute Gasteiger partial charge is 0.319 e. The number of nitro benzene ring substituents is 1. The number of hydrogen-bond acceptors (Lipinski definition) is 5. The van der Waals surface area contributed by atoms with Crippen molar-refractivity contribution in [3.05, 3.63) is 69.8 Å². The predicted molar refractivity (Wildman–Crippen MR) is 73.3 cm³/mol. The largest absolute Gasteiger partial charge is 0.482 e. The van der Waals surface area contributed by atoms with E-state index in [0.717, 1.165) is 11.8 Å². The molecule has 0 saturated carbocycles. The Labute approximate surface area is 115 Å². The Balaban J connectivity index is 2.27. The number of ether oxygens (including phenoxy) is 1. The molecule has 0 spiro atoms. The summed E-state index contributed by atoms with van der Waals surface area (Å²) in [7, 11) is 0. The fraction of sp³-hybridized carbons (Fsp3) is 0.0714. The van der Waals surface area contributed by atoms with Crippen LogP contribution >= 0.6 is 0 Å². The quantitative estimate of drug-likeness (QED) is 0.392. The van der Waals surface area contributed by atoms with Crippen LogP contribution in [0.25, 0.3) is 0 Å². The summed E-state index contributed by atoms with van der Waals surface area (Å²) in [6.07, 6.45) is 1.01. The summed E-state index contributed by atoms with van der Waals surface area (Å²) in [6, 6.07) is 13.9. The van der Waals surface area contributed by atoms with Gasteiger partial charge in [-0.3, -0.25) is 10.1 Å². The molecule has 20 heavy (non-hydrogen) atoms. The van der Waals surface area contributed by atoms with Crippen LogP contribution < -0.4 is 4.74 Å². The van der Waals surface area contributed by atoms with Crippen LogP contribution in [0.2, 0.25) is 0 Å². The summed E-state index contributed by atoms with van der Waals surface area (Å²) in [5.41, 5.74) is 0.868. The Hall–Kier alpha value is -2.89. The van der Waals surface area contributed by atoms with Gasteiger partial charge in [0, 0.05) is 0 Å². The van der Waals surface area contributed by atoms with Crippen molar-refractivity contribution in [2.24, 2.45) is 5.16 Å². The van der Waals surface area contributed by atoms with E-state index in [9.17, 15) is 10.1 Å². The SMILES string of the molecule is O=[N+]([O-])c1c(/C=N/O)cccc1OCc1ccccc1. The topological polar surface area (TPSA) is 85.0 Å². The molecule has 0 aliphatic carbocycles. The molecule has 2 aromatic carbocycles. The van der Waals surface area contributed by atoms with Crippen molar-refractivity contribution >= 4 is 11.9 Å². The summed E-state index contributed by atoms with van der Waals surface area (Å²) in [5, 5.41) is 22.5. The normalized spacial score (nSPS) is 10.6. The Bertz CT molecular complexity index is 626. The molecule has 0 unspecified atom stereocenters. The summed E-state index contributed by atoms with van der Waals surface area (Å²) >= 11 is 0. The van der Waals surface area contributed by atoms with Gasteiger partial charge >= 0.3 is 5.69 Å². The lowest BCUT2D eigenvalue weighted by atomic mass is 10.2. The van der Waals surface area contributed by atoms with Gasteiger partial charge in [0.05, 0.1) is 16.7 Å². The molecule has 6 heteroatoms. The van der Waals surface area contributed by atoms with Gasteiger partial charge in [0.15, 0.2) is 5.75 Å². The van der Waals surface area contributed by atoms with Crippen LogP contribution in [0.15, 0.2) is 53.7 Å². The maximum atomic E-state index is 11.1. The van der Waals surface area contributed by atoms with Gasteiger partial charge in [-0.15, -0.1) is 0 Å². The van der Waals surface area contributed by atoms with Gasteiger partial charge in [0.1, 0.15) is 6.61 Å². The van der Waals surface area contributed by atoms with E-state index in [0.29, 0.717) is 0 Å². The average Bonchev–Trinajstić information content (AvgIpc) is 2.46. The van der Waals surface area contributed by atoms with E-state index in [1.54, 1.807) is 6.07 Å². The van der Waals surface area contributed by atoms with Crippen LogP contribution in [0, 0.1) is 10.1 Å². The first-order valence-corrected chi connectivity index (χ1v) is 5.84. The van der Waals surface area contributed by atoms with Crippen LogP contribution in [-0.4, -0.2) is 16.3 Å². The molecule has 1 N–H and O–H groups in total. The van der Waals surface area contributed by atoms with Crippen LogP contribution in [0.3, 0.4) is 0 Å². The fourth-order valence-electron chi connectivity index (χ4n) is 1.75. The molecule has 0 heterocycles. The van der Waals surface area contributed by atoms with E-state index >= 15 is 0 Å². The molecular weight excluding hydrogens is 260 g/mol. The number of nitrogens with zero attached hydrogens (tertiary/aromatic N) is 2. The van der Waals surface area contributed by atoms with Crippen molar-refractivity contribution in [2.75, 3.05) is 0 Å². The second kappa shape index (κ2) is 6.33. The minimum Gasteiger partial charge on any atom is -0.482 e. The average molecular weight is 272 g/mol. The first-order chi connectivity index (χ1) is 9.72. The summed E-state index contributed by atoms with van der Waals surface area (Å²) in [4.78, 5) is 10.6. The molecule has 0 aliphatic heterocycles. The Morgan fingerprint density at radius 2 is 1.95 bits per heavy atom. The third-order valence-electron chi connectivity index (χ3n) is 2.65. The van der Waals surface area contributed by atoms with E-state index in [-0.39, 0.29) is 23.6 Å². The molecule has 0 fully saturated rings. The van der Waals surface area contributed by atoms with Gasteiger partial charge in [-0.25, -0.2) is 0 Å². The Kier molecular flexibility index (Phi) is 4.28. The minimum atomic E-state index is -0.558. The fourth-order valence-corrected chi connectivity index (χ4v) is 1.75. The lowest BCUT2D eigenvalue weighted by molar-refractivity contribution is -0.386. The van der Waals surface area contributed by atoms with Gasteiger partial charge < -0.3 is 9.94 Å². The van der Waals surface area contributed by atoms with Crippen molar-refractivity contribution in [1.29, 1.82) is 0 Å². The van der Waals surface area contributed by atoms with E-state index < -0.39 is 4.92 Å². The zero-order chi connectivity index (χ0) is 14.4. The van der Waals surface area contributed by atoms with E-state index in [4.69, 9.17) is 9.94 Å². The van der Waals surface area contributed by atoms with Crippen molar-refractivity contribution in [2.45, 2.75) is 6.61 Å². The molecular formula is C14H12N2O4. The zero-order valence-corrected chi connectivity index (χ0v) is 10.5. The highest BCUT2D eigenvalue weighted by molar-refractivity contribution is 5.86. The van der Waals surface area contributed by atoms with Crippen molar-refractivity contribution < 1.29 is 14.9 Å².